The molecular formula is C26H30N4O2S. The number of carbonyl (C=O) groups is 1. The maximum Gasteiger partial charge on any atom is 0.247 e. The Bertz CT molecular complexity index is 1210. The number of ether oxygens (including phenoxy) is 1. The Morgan fingerprint density at radius 2 is 1.85 bits per heavy atom. The smallest absolute Gasteiger partial charge is 0.247 e. The van der Waals surface area contributed by atoms with E-state index in [4.69, 9.17) is 9.72 Å². The lowest BCUT2D eigenvalue weighted by atomic mass is 9.99. The number of rotatable bonds is 5. The van der Waals surface area contributed by atoms with Gasteiger partial charge in [-0.05, 0) is 51.3 Å². The monoisotopic (exact) mass is 462 g/mol. The zero-order valence-electron chi connectivity index (χ0n) is 20.1. The highest BCUT2D eigenvalue weighted by atomic mass is 32.2. The van der Waals surface area contributed by atoms with Crippen LogP contribution >= 0.6 is 11.8 Å². The minimum Gasteiger partial charge on any atom is -0.447 e. The second kappa shape index (κ2) is 9.51. The third kappa shape index (κ3) is 4.60. The Morgan fingerprint density at radius 3 is 2.58 bits per heavy atom. The van der Waals surface area contributed by atoms with Gasteiger partial charge in [-0.1, -0.05) is 60.5 Å². The minimum atomic E-state index is -0.658. The summed E-state index contributed by atoms with van der Waals surface area (Å²) in [6.45, 7) is 11.9. The van der Waals surface area contributed by atoms with Crippen molar-refractivity contribution in [1.29, 1.82) is 0 Å². The molecule has 33 heavy (non-hydrogen) atoms. The van der Waals surface area contributed by atoms with E-state index in [0.29, 0.717) is 16.7 Å². The standard InChI is InChI=1S/C26H30N4O2S/c1-7-8-11-33-26-27-24-22(28-29-26)21-14-16(3)12-18(5)23(21)30(19(6)31)25(32-24)20-13-15(2)9-10-17(20)4/h9-10,12-14,25H,7-8,11H2,1-6H3/t25-/m1/s1. The third-order valence-electron chi connectivity index (χ3n) is 5.80. The molecule has 4 rings (SSSR count). The van der Waals surface area contributed by atoms with E-state index in [2.05, 4.69) is 41.4 Å². The van der Waals surface area contributed by atoms with Crippen LogP contribution in [0.15, 0.2) is 35.5 Å². The molecule has 6 nitrogen and oxygen atoms in total. The van der Waals surface area contributed by atoms with Crippen molar-refractivity contribution >= 4 is 23.4 Å². The molecule has 2 heterocycles. The Balaban J connectivity index is 1.96. The normalized spacial score (nSPS) is 14.8. The lowest BCUT2D eigenvalue weighted by Gasteiger charge is -2.32. The van der Waals surface area contributed by atoms with E-state index in [1.54, 1.807) is 23.6 Å². The predicted octanol–water partition coefficient (Wildman–Crippen LogP) is 6.11. The molecule has 1 aliphatic rings. The van der Waals surface area contributed by atoms with Gasteiger partial charge in [0.1, 0.15) is 0 Å². The molecule has 1 aromatic heterocycles. The second-order valence-corrected chi connectivity index (χ2v) is 9.71. The Hall–Kier alpha value is -2.93. The number of amides is 1. The number of hydrogen-bond acceptors (Lipinski definition) is 6. The van der Waals surface area contributed by atoms with Gasteiger partial charge in [0.05, 0.1) is 5.69 Å². The highest BCUT2D eigenvalue weighted by molar-refractivity contribution is 7.99. The van der Waals surface area contributed by atoms with E-state index in [1.165, 1.54) is 0 Å². The van der Waals surface area contributed by atoms with Crippen LogP contribution in [0.3, 0.4) is 0 Å². The number of benzene rings is 2. The van der Waals surface area contributed by atoms with Gasteiger partial charge in [-0.3, -0.25) is 9.69 Å². The largest absolute Gasteiger partial charge is 0.447 e. The molecule has 0 aliphatic carbocycles. The average molecular weight is 463 g/mol. The SMILES string of the molecule is CCCCSc1nnc2c(n1)O[C@H](c1cc(C)ccc1C)N(C(C)=O)c1c(C)cc(C)cc1-2. The fourth-order valence-electron chi connectivity index (χ4n) is 4.20. The van der Waals surface area contributed by atoms with Crippen molar-refractivity contribution in [2.24, 2.45) is 0 Å². The van der Waals surface area contributed by atoms with Crippen LogP contribution in [0, 0.1) is 27.7 Å². The van der Waals surface area contributed by atoms with Crippen LogP contribution in [-0.4, -0.2) is 26.8 Å². The fraction of sp³-hybridized carbons (Fsp3) is 0.385. The molecule has 1 aliphatic heterocycles. The molecule has 0 radical (unpaired) electrons. The van der Waals surface area contributed by atoms with Crippen molar-refractivity contribution in [1.82, 2.24) is 15.2 Å². The zero-order chi connectivity index (χ0) is 23.7. The maximum absolute atomic E-state index is 13.1. The third-order valence-corrected chi connectivity index (χ3v) is 6.73. The summed E-state index contributed by atoms with van der Waals surface area (Å²) in [4.78, 5) is 19.6. The molecule has 0 unspecified atom stereocenters. The predicted molar refractivity (Wildman–Crippen MR) is 133 cm³/mol. The zero-order valence-corrected chi connectivity index (χ0v) is 20.9. The molecule has 0 fully saturated rings. The first-order chi connectivity index (χ1) is 15.8. The van der Waals surface area contributed by atoms with Gasteiger partial charge in [0.2, 0.25) is 23.2 Å². The highest BCUT2D eigenvalue weighted by Crippen LogP contribution is 2.46. The van der Waals surface area contributed by atoms with Crippen molar-refractivity contribution in [2.45, 2.75) is 65.8 Å². The van der Waals surface area contributed by atoms with Gasteiger partial charge < -0.3 is 4.74 Å². The Labute approximate surface area is 199 Å². The summed E-state index contributed by atoms with van der Waals surface area (Å²) in [6.07, 6.45) is 1.53. The number of unbranched alkanes of at least 4 members (excludes halogenated alkanes) is 1. The van der Waals surface area contributed by atoms with Gasteiger partial charge in [-0.2, -0.15) is 4.98 Å². The van der Waals surface area contributed by atoms with Gasteiger partial charge in [0, 0.05) is 23.8 Å². The molecule has 0 N–H and O–H groups in total. The summed E-state index contributed by atoms with van der Waals surface area (Å²) in [7, 11) is 0. The van der Waals surface area contributed by atoms with Gasteiger partial charge in [0.15, 0.2) is 5.69 Å². The molecule has 2 aromatic carbocycles. The van der Waals surface area contributed by atoms with Crippen molar-refractivity contribution in [3.05, 3.63) is 58.1 Å². The molecule has 0 saturated carbocycles. The first-order valence-electron chi connectivity index (χ1n) is 11.3. The molecule has 7 heteroatoms. The molecule has 172 valence electrons. The van der Waals surface area contributed by atoms with E-state index in [0.717, 1.165) is 57.7 Å². The van der Waals surface area contributed by atoms with Gasteiger partial charge >= 0.3 is 0 Å². The van der Waals surface area contributed by atoms with Gasteiger partial charge in [-0.15, -0.1) is 10.2 Å². The topological polar surface area (TPSA) is 68.2 Å². The number of aromatic nitrogens is 3. The Morgan fingerprint density at radius 1 is 1.06 bits per heavy atom. The summed E-state index contributed by atoms with van der Waals surface area (Å²) in [5.41, 5.74) is 7.31. The summed E-state index contributed by atoms with van der Waals surface area (Å²) in [5.74, 6) is 1.23. The molecule has 0 saturated heterocycles. The number of carbonyl (C=O) groups excluding carboxylic acids is 1. The molecule has 1 atom stereocenters. The van der Waals surface area contributed by atoms with E-state index >= 15 is 0 Å². The highest BCUT2D eigenvalue weighted by Gasteiger charge is 2.36. The molecule has 0 spiro atoms. The maximum atomic E-state index is 13.1. The van der Waals surface area contributed by atoms with Crippen molar-refractivity contribution in [2.75, 3.05) is 10.7 Å². The van der Waals surface area contributed by atoms with Crippen molar-refractivity contribution < 1.29 is 9.53 Å². The molecular weight excluding hydrogens is 432 g/mol. The van der Waals surface area contributed by atoms with E-state index in [-0.39, 0.29) is 5.91 Å². The number of nitrogens with zero attached hydrogens (tertiary/aromatic N) is 4. The van der Waals surface area contributed by atoms with Crippen LogP contribution in [0.2, 0.25) is 0 Å². The van der Waals surface area contributed by atoms with Crippen LogP contribution in [0.25, 0.3) is 11.3 Å². The first-order valence-corrected chi connectivity index (χ1v) is 12.3. The summed E-state index contributed by atoms with van der Waals surface area (Å²) in [5, 5.41) is 9.52. The van der Waals surface area contributed by atoms with Crippen molar-refractivity contribution in [3.63, 3.8) is 0 Å². The number of aryl methyl sites for hydroxylation is 4. The number of fused-ring (bicyclic) bond motifs is 3. The lowest BCUT2D eigenvalue weighted by Crippen LogP contribution is -2.37. The lowest BCUT2D eigenvalue weighted by molar-refractivity contribution is -0.118. The average Bonchev–Trinajstić information content (AvgIpc) is 2.90. The van der Waals surface area contributed by atoms with Crippen LogP contribution < -0.4 is 9.64 Å². The number of thioether (sulfide) groups is 1. The second-order valence-electron chi connectivity index (χ2n) is 8.65. The van der Waals surface area contributed by atoms with Gasteiger partial charge in [-0.25, -0.2) is 0 Å². The van der Waals surface area contributed by atoms with Crippen molar-refractivity contribution in [3.8, 4) is 17.1 Å². The molecule has 1 amide bonds. The quantitative estimate of drug-likeness (QED) is 0.337. The van der Waals surface area contributed by atoms with E-state index < -0.39 is 6.23 Å². The van der Waals surface area contributed by atoms with Crippen LogP contribution in [0.5, 0.6) is 5.88 Å². The van der Waals surface area contributed by atoms with Crippen LogP contribution in [0.4, 0.5) is 5.69 Å². The summed E-state index contributed by atoms with van der Waals surface area (Å²) < 4.78 is 6.56. The summed E-state index contributed by atoms with van der Waals surface area (Å²) >= 11 is 1.58. The fourth-order valence-corrected chi connectivity index (χ4v) is 5.07. The first kappa shape index (κ1) is 23.2. The van der Waals surface area contributed by atoms with E-state index in [1.807, 2.05) is 33.8 Å². The molecule has 0 bridgehead atoms. The minimum absolute atomic E-state index is 0.104. The molecule has 3 aromatic rings. The van der Waals surface area contributed by atoms with Crippen LogP contribution in [-0.2, 0) is 4.79 Å². The number of anilines is 1. The van der Waals surface area contributed by atoms with E-state index in [9.17, 15) is 4.79 Å². The summed E-state index contributed by atoms with van der Waals surface area (Å²) in [6, 6.07) is 10.3. The van der Waals surface area contributed by atoms with Gasteiger partial charge in [0.25, 0.3) is 0 Å². The Kier molecular flexibility index (Phi) is 6.70. The number of hydrogen-bond donors (Lipinski definition) is 0. The van der Waals surface area contributed by atoms with Crippen LogP contribution in [0.1, 0.15) is 60.7 Å².